The van der Waals surface area contributed by atoms with Gasteiger partial charge in [-0.2, -0.15) is 0 Å². The highest BCUT2D eigenvalue weighted by Crippen LogP contribution is 2.17. The third-order valence-electron chi connectivity index (χ3n) is 1.68. The first-order valence-electron chi connectivity index (χ1n) is 3.29. The van der Waals surface area contributed by atoms with Crippen molar-refractivity contribution in [2.75, 3.05) is 0 Å². The third-order valence-corrected chi connectivity index (χ3v) is 2.39. The number of hydrogen-bond acceptors (Lipinski definition) is 0. The fraction of sp³-hybridized carbons (Fsp3) is 0. The predicted molar refractivity (Wildman–Crippen MR) is 52.7 cm³/mol. The lowest BCUT2D eigenvalue weighted by Gasteiger charge is -1.91. The first-order valence-corrected chi connectivity index (χ1v) is 4.25. The molecule has 0 fully saturated rings. The predicted octanol–water partition coefficient (Wildman–Crippen LogP) is 2.32. The van der Waals surface area contributed by atoms with E-state index < -0.39 is 0 Å². The average molecular weight is 184 g/mol. The summed E-state index contributed by atoms with van der Waals surface area (Å²) in [5.74, 6) is 0. The molecule has 3 heteroatoms. The van der Waals surface area contributed by atoms with Crippen molar-refractivity contribution in [3.05, 3.63) is 29.4 Å². The lowest BCUT2D eigenvalue weighted by Crippen LogP contribution is -1.82. The summed E-state index contributed by atoms with van der Waals surface area (Å²) in [4.78, 5) is 3.14. The SMILES string of the molecule is Pc1c[nH]c2ccc(Cl)cc12. The molecule has 11 heavy (non-hydrogen) atoms. The van der Waals surface area contributed by atoms with Gasteiger partial charge in [-0.15, -0.1) is 9.24 Å². The maximum Gasteiger partial charge on any atom is 0.0461 e. The van der Waals surface area contributed by atoms with E-state index in [4.69, 9.17) is 11.6 Å². The van der Waals surface area contributed by atoms with E-state index in [-0.39, 0.29) is 0 Å². The number of rotatable bonds is 0. The van der Waals surface area contributed by atoms with Crippen LogP contribution < -0.4 is 5.30 Å². The minimum atomic E-state index is 0.779. The van der Waals surface area contributed by atoms with E-state index in [9.17, 15) is 0 Å². The number of benzene rings is 1. The molecule has 1 nitrogen and oxygen atoms in total. The van der Waals surface area contributed by atoms with Gasteiger partial charge in [0.2, 0.25) is 0 Å². The van der Waals surface area contributed by atoms with Crippen molar-refractivity contribution in [2.45, 2.75) is 0 Å². The van der Waals surface area contributed by atoms with Gasteiger partial charge in [-0.1, -0.05) is 11.6 Å². The van der Waals surface area contributed by atoms with Crippen LogP contribution in [0.5, 0.6) is 0 Å². The zero-order valence-corrected chi connectivity index (χ0v) is 7.68. The van der Waals surface area contributed by atoms with Crippen LogP contribution >= 0.6 is 20.8 Å². The molecule has 1 aromatic heterocycles. The van der Waals surface area contributed by atoms with E-state index in [1.807, 2.05) is 24.4 Å². The molecule has 0 spiro atoms. The van der Waals surface area contributed by atoms with Crippen LogP contribution in [0.2, 0.25) is 5.02 Å². The van der Waals surface area contributed by atoms with Gasteiger partial charge in [-0.3, -0.25) is 0 Å². The van der Waals surface area contributed by atoms with Crippen molar-refractivity contribution in [2.24, 2.45) is 0 Å². The van der Waals surface area contributed by atoms with Gasteiger partial charge in [0.25, 0.3) is 0 Å². The first kappa shape index (κ1) is 7.15. The van der Waals surface area contributed by atoms with Crippen LogP contribution in [-0.2, 0) is 0 Å². The van der Waals surface area contributed by atoms with Crippen LogP contribution in [-0.4, -0.2) is 4.98 Å². The summed E-state index contributed by atoms with van der Waals surface area (Å²) in [7, 11) is 2.66. The zero-order chi connectivity index (χ0) is 7.84. The Kier molecular flexibility index (Phi) is 1.63. The third kappa shape index (κ3) is 1.15. The summed E-state index contributed by atoms with van der Waals surface area (Å²) >= 11 is 5.82. The summed E-state index contributed by atoms with van der Waals surface area (Å²) in [5, 5.41) is 3.10. The minimum Gasteiger partial charge on any atom is -0.361 e. The smallest absolute Gasteiger partial charge is 0.0461 e. The molecule has 0 bridgehead atoms. The molecule has 2 rings (SSSR count). The number of H-pyrrole nitrogens is 1. The van der Waals surface area contributed by atoms with Crippen LogP contribution in [0.25, 0.3) is 10.9 Å². The molecule has 1 N–H and O–H groups in total. The molecule has 0 aliphatic carbocycles. The summed E-state index contributed by atoms with van der Waals surface area (Å²) in [6, 6.07) is 5.81. The second-order valence-corrected chi connectivity index (χ2v) is 3.49. The minimum absolute atomic E-state index is 0.779. The van der Waals surface area contributed by atoms with E-state index in [0.29, 0.717) is 0 Å². The molecule has 1 heterocycles. The molecule has 1 atom stereocenters. The van der Waals surface area contributed by atoms with E-state index in [1.165, 1.54) is 5.39 Å². The van der Waals surface area contributed by atoms with Crippen LogP contribution in [0, 0.1) is 0 Å². The van der Waals surface area contributed by atoms with Crippen LogP contribution in [0.4, 0.5) is 0 Å². The van der Waals surface area contributed by atoms with Crippen molar-refractivity contribution in [1.82, 2.24) is 4.98 Å². The van der Waals surface area contributed by atoms with Gasteiger partial charge in [0.05, 0.1) is 0 Å². The number of aromatic nitrogens is 1. The topological polar surface area (TPSA) is 15.8 Å². The Morgan fingerprint density at radius 1 is 1.36 bits per heavy atom. The Morgan fingerprint density at radius 3 is 3.00 bits per heavy atom. The van der Waals surface area contributed by atoms with Crippen LogP contribution in [0.3, 0.4) is 0 Å². The van der Waals surface area contributed by atoms with Gasteiger partial charge in [-0.25, -0.2) is 0 Å². The molecule has 0 radical (unpaired) electrons. The van der Waals surface area contributed by atoms with Crippen molar-refractivity contribution >= 4 is 37.0 Å². The number of fused-ring (bicyclic) bond motifs is 1. The highest BCUT2D eigenvalue weighted by molar-refractivity contribution is 7.28. The Bertz CT molecular complexity index is 394. The molecule has 0 saturated heterocycles. The molecular weight excluding hydrogens is 177 g/mol. The van der Waals surface area contributed by atoms with E-state index in [0.717, 1.165) is 15.8 Å². The molecule has 0 amide bonds. The average Bonchev–Trinajstić information content (AvgIpc) is 2.33. The fourth-order valence-electron chi connectivity index (χ4n) is 1.11. The molecular formula is C8H7ClNP. The van der Waals surface area contributed by atoms with Gasteiger partial charge in [0, 0.05) is 22.1 Å². The number of aromatic amines is 1. The van der Waals surface area contributed by atoms with Gasteiger partial charge in [0.1, 0.15) is 0 Å². The Hall–Kier alpha value is -0.520. The van der Waals surface area contributed by atoms with Crippen molar-refractivity contribution < 1.29 is 0 Å². The molecule has 0 saturated carbocycles. The zero-order valence-electron chi connectivity index (χ0n) is 5.76. The largest absolute Gasteiger partial charge is 0.361 e. The fourth-order valence-corrected chi connectivity index (χ4v) is 1.61. The molecule has 1 aromatic carbocycles. The van der Waals surface area contributed by atoms with Crippen molar-refractivity contribution in [3.8, 4) is 0 Å². The second kappa shape index (κ2) is 2.51. The van der Waals surface area contributed by atoms with E-state index in [1.54, 1.807) is 0 Å². The van der Waals surface area contributed by atoms with Gasteiger partial charge in [-0.05, 0) is 23.5 Å². The maximum atomic E-state index is 5.82. The number of nitrogens with one attached hydrogen (secondary N) is 1. The summed E-state index contributed by atoms with van der Waals surface area (Å²) in [5.41, 5.74) is 1.12. The van der Waals surface area contributed by atoms with Crippen molar-refractivity contribution in [3.63, 3.8) is 0 Å². The summed E-state index contributed by atoms with van der Waals surface area (Å²) < 4.78 is 0. The lowest BCUT2D eigenvalue weighted by atomic mass is 10.2. The summed E-state index contributed by atoms with van der Waals surface area (Å²) in [6.07, 6.45) is 1.95. The standard InChI is InChI=1S/C8H7ClNP/c9-5-1-2-7-6(3-5)8(11)4-10-7/h1-4,10H,11H2. The normalized spacial score (nSPS) is 10.7. The molecule has 56 valence electrons. The van der Waals surface area contributed by atoms with Gasteiger partial charge >= 0.3 is 0 Å². The molecule has 0 aliphatic rings. The molecule has 2 aromatic rings. The monoisotopic (exact) mass is 183 g/mol. The maximum absolute atomic E-state index is 5.82. The number of halogens is 1. The summed E-state index contributed by atoms with van der Waals surface area (Å²) in [6.45, 7) is 0. The lowest BCUT2D eigenvalue weighted by molar-refractivity contribution is 1.49. The first-order chi connectivity index (χ1) is 5.27. The van der Waals surface area contributed by atoms with E-state index >= 15 is 0 Å². The Morgan fingerprint density at radius 2 is 2.18 bits per heavy atom. The second-order valence-electron chi connectivity index (χ2n) is 2.43. The van der Waals surface area contributed by atoms with Crippen LogP contribution in [0.15, 0.2) is 24.4 Å². The Balaban J connectivity index is 2.87. The van der Waals surface area contributed by atoms with E-state index in [2.05, 4.69) is 14.2 Å². The Labute approximate surface area is 72.0 Å². The van der Waals surface area contributed by atoms with Crippen LogP contribution in [0.1, 0.15) is 0 Å². The van der Waals surface area contributed by atoms with Gasteiger partial charge in [0.15, 0.2) is 0 Å². The number of hydrogen-bond donors (Lipinski definition) is 1. The highest BCUT2D eigenvalue weighted by Gasteiger charge is 1.98. The molecule has 0 aliphatic heterocycles. The van der Waals surface area contributed by atoms with Crippen molar-refractivity contribution in [1.29, 1.82) is 0 Å². The highest BCUT2D eigenvalue weighted by atomic mass is 35.5. The quantitative estimate of drug-likeness (QED) is 0.604. The van der Waals surface area contributed by atoms with Gasteiger partial charge < -0.3 is 4.98 Å². The molecule has 1 unspecified atom stereocenters.